The summed E-state index contributed by atoms with van der Waals surface area (Å²) in [7, 11) is 3.20. The summed E-state index contributed by atoms with van der Waals surface area (Å²) >= 11 is 0. The van der Waals surface area contributed by atoms with Gasteiger partial charge in [-0.25, -0.2) is 19.0 Å². The number of hydrogen-bond acceptors (Lipinski definition) is 8. The standard InChI is InChI=1S/C21H23BN4O5S/c1-3-30-21(28)26-32(2,29)15-6-4-5-14(9-15)12-31-19-11-18-16(10-17(19)22)20(23-7-8-27)25-13-24-18/h4-6,9-11,13,27H,3,7-8,12H2,1-2H3,(H,23,24,25). The van der Waals surface area contributed by atoms with Crippen molar-refractivity contribution in [1.29, 1.82) is 0 Å². The number of amides is 1. The van der Waals surface area contributed by atoms with Gasteiger partial charge in [-0.05, 0) is 24.6 Å². The third-order valence-corrected chi connectivity index (χ3v) is 6.04. The van der Waals surface area contributed by atoms with Crippen LogP contribution < -0.4 is 15.5 Å². The Kier molecular flexibility index (Phi) is 7.65. The van der Waals surface area contributed by atoms with E-state index in [1.807, 2.05) is 0 Å². The molecule has 0 saturated carbocycles. The van der Waals surface area contributed by atoms with Gasteiger partial charge in [-0.15, -0.1) is 4.36 Å². The second-order valence-electron chi connectivity index (χ2n) is 6.81. The molecule has 2 N–H and O–H groups in total. The van der Waals surface area contributed by atoms with Crippen LogP contribution in [0.3, 0.4) is 0 Å². The minimum absolute atomic E-state index is 0.0293. The lowest BCUT2D eigenvalue weighted by Gasteiger charge is -2.13. The first-order valence-electron chi connectivity index (χ1n) is 9.83. The van der Waals surface area contributed by atoms with E-state index < -0.39 is 15.8 Å². The maximum absolute atomic E-state index is 12.8. The van der Waals surface area contributed by atoms with Gasteiger partial charge in [-0.1, -0.05) is 23.7 Å². The molecule has 0 aliphatic heterocycles. The summed E-state index contributed by atoms with van der Waals surface area (Å²) in [4.78, 5) is 20.4. The topological polar surface area (TPSA) is 123 Å². The van der Waals surface area contributed by atoms with Crippen LogP contribution in [0.5, 0.6) is 5.75 Å². The summed E-state index contributed by atoms with van der Waals surface area (Å²) in [5.41, 5.74) is 1.75. The Morgan fingerprint density at radius 1 is 1.28 bits per heavy atom. The number of hydrogen-bond donors (Lipinski definition) is 2. The van der Waals surface area contributed by atoms with Gasteiger partial charge >= 0.3 is 6.09 Å². The lowest BCUT2D eigenvalue weighted by molar-refractivity contribution is 0.164. The maximum atomic E-state index is 12.8. The summed E-state index contributed by atoms with van der Waals surface area (Å²) in [6, 6.07) is 10.2. The van der Waals surface area contributed by atoms with E-state index in [4.69, 9.17) is 22.4 Å². The van der Waals surface area contributed by atoms with Crippen LogP contribution in [-0.2, 0) is 21.1 Å². The van der Waals surface area contributed by atoms with Gasteiger partial charge in [-0.3, -0.25) is 0 Å². The third kappa shape index (κ3) is 5.74. The second kappa shape index (κ2) is 10.4. The van der Waals surface area contributed by atoms with E-state index in [9.17, 15) is 9.00 Å². The van der Waals surface area contributed by atoms with Crippen molar-refractivity contribution in [2.45, 2.75) is 18.4 Å². The smallest absolute Gasteiger partial charge is 0.442 e. The van der Waals surface area contributed by atoms with Gasteiger partial charge in [0.1, 0.15) is 32.3 Å². The number of nitrogens with zero attached hydrogens (tertiary/aromatic N) is 3. The van der Waals surface area contributed by atoms with Gasteiger partial charge in [0.2, 0.25) is 0 Å². The van der Waals surface area contributed by atoms with Crippen molar-refractivity contribution < 1.29 is 23.6 Å². The minimum atomic E-state index is -2.96. The van der Waals surface area contributed by atoms with E-state index in [-0.39, 0.29) is 19.8 Å². The van der Waals surface area contributed by atoms with Crippen LogP contribution in [0.2, 0.25) is 0 Å². The lowest BCUT2D eigenvalue weighted by atomic mass is 9.93. The molecule has 2 aromatic carbocycles. The fraction of sp³-hybridized carbons (Fsp3) is 0.286. The van der Waals surface area contributed by atoms with Crippen molar-refractivity contribution in [2.75, 3.05) is 31.3 Å². The Morgan fingerprint density at radius 2 is 2.09 bits per heavy atom. The van der Waals surface area contributed by atoms with E-state index >= 15 is 0 Å². The molecule has 1 aromatic heterocycles. The highest BCUT2D eigenvalue weighted by Crippen LogP contribution is 2.23. The van der Waals surface area contributed by atoms with Crippen molar-refractivity contribution in [3.63, 3.8) is 0 Å². The molecule has 1 heterocycles. The number of aromatic nitrogens is 2. The van der Waals surface area contributed by atoms with Crippen molar-refractivity contribution >= 4 is 45.9 Å². The summed E-state index contributed by atoms with van der Waals surface area (Å²) in [5, 5.41) is 12.7. The number of fused-ring (bicyclic) bond motifs is 1. The highest BCUT2D eigenvalue weighted by atomic mass is 32.2. The molecule has 32 heavy (non-hydrogen) atoms. The molecule has 166 valence electrons. The molecule has 1 atom stereocenters. The van der Waals surface area contributed by atoms with Crippen molar-refractivity contribution in [1.82, 2.24) is 9.97 Å². The Balaban J connectivity index is 1.81. The Morgan fingerprint density at radius 3 is 2.84 bits per heavy atom. The van der Waals surface area contributed by atoms with E-state index in [1.54, 1.807) is 43.3 Å². The molecular weight excluding hydrogens is 431 g/mol. The molecule has 0 spiro atoms. The average Bonchev–Trinajstić information content (AvgIpc) is 2.76. The molecule has 0 bridgehead atoms. The quantitative estimate of drug-likeness (QED) is 0.496. The Hall–Kier alpha value is -3.18. The lowest BCUT2D eigenvalue weighted by Crippen LogP contribution is -2.12. The first kappa shape index (κ1) is 23.5. The first-order chi connectivity index (χ1) is 15.3. The normalized spacial score (nSPS) is 12.7. The molecule has 3 rings (SSSR count). The molecule has 9 nitrogen and oxygen atoms in total. The summed E-state index contributed by atoms with van der Waals surface area (Å²) in [5.74, 6) is 1.00. The summed E-state index contributed by atoms with van der Waals surface area (Å²) in [6.45, 7) is 2.28. The van der Waals surface area contributed by atoms with Crippen molar-refractivity contribution in [3.05, 3.63) is 48.3 Å². The predicted octanol–water partition coefficient (Wildman–Crippen LogP) is 2.02. The highest BCUT2D eigenvalue weighted by molar-refractivity contribution is 7.93. The van der Waals surface area contributed by atoms with E-state index in [2.05, 4.69) is 19.6 Å². The fourth-order valence-electron chi connectivity index (χ4n) is 2.92. The zero-order chi connectivity index (χ0) is 23.1. The van der Waals surface area contributed by atoms with Crippen LogP contribution in [0, 0.1) is 0 Å². The van der Waals surface area contributed by atoms with E-state index in [0.29, 0.717) is 39.4 Å². The van der Waals surface area contributed by atoms with Crippen LogP contribution in [0.4, 0.5) is 10.6 Å². The number of benzene rings is 2. The van der Waals surface area contributed by atoms with E-state index in [1.165, 1.54) is 12.6 Å². The molecule has 1 amide bonds. The monoisotopic (exact) mass is 454 g/mol. The van der Waals surface area contributed by atoms with Crippen LogP contribution in [0.25, 0.3) is 10.9 Å². The average molecular weight is 454 g/mol. The van der Waals surface area contributed by atoms with Crippen molar-refractivity contribution in [3.8, 4) is 5.75 Å². The summed E-state index contributed by atoms with van der Waals surface area (Å²) < 4.78 is 27.2. The number of carbonyl (C=O) groups is 1. The highest BCUT2D eigenvalue weighted by Gasteiger charge is 2.12. The largest absolute Gasteiger partial charge is 0.489 e. The van der Waals surface area contributed by atoms with Gasteiger partial charge < -0.3 is 19.9 Å². The molecule has 0 aliphatic carbocycles. The number of rotatable bonds is 8. The number of carbonyl (C=O) groups excluding carboxylic acids is 1. The number of aliphatic hydroxyl groups is 1. The van der Waals surface area contributed by atoms with E-state index in [0.717, 1.165) is 5.56 Å². The molecular formula is C21H23BN4O5S. The second-order valence-corrected chi connectivity index (χ2v) is 9.07. The molecule has 11 heteroatoms. The molecule has 2 radical (unpaired) electrons. The predicted molar refractivity (Wildman–Crippen MR) is 123 cm³/mol. The van der Waals surface area contributed by atoms with Crippen molar-refractivity contribution in [2.24, 2.45) is 4.36 Å². The fourth-order valence-corrected chi connectivity index (χ4v) is 4.06. The van der Waals surface area contributed by atoms with Gasteiger partial charge in [0.05, 0.1) is 28.5 Å². The third-order valence-electron chi connectivity index (χ3n) is 4.42. The zero-order valence-electron chi connectivity index (χ0n) is 17.8. The number of ether oxygens (including phenoxy) is 2. The first-order valence-corrected chi connectivity index (χ1v) is 11.8. The molecule has 0 aliphatic rings. The Labute approximate surface area is 187 Å². The van der Waals surface area contributed by atoms with Gasteiger partial charge in [0.15, 0.2) is 0 Å². The van der Waals surface area contributed by atoms with Gasteiger partial charge in [-0.2, -0.15) is 0 Å². The molecule has 1 unspecified atom stereocenters. The molecule has 0 saturated heterocycles. The van der Waals surface area contributed by atoms with Crippen LogP contribution in [0.15, 0.2) is 52.0 Å². The number of aliphatic hydroxyl groups excluding tert-OH is 1. The minimum Gasteiger partial charge on any atom is -0.489 e. The molecule has 3 aromatic rings. The Bertz CT molecular complexity index is 1240. The number of nitrogens with one attached hydrogen (secondary N) is 1. The SMILES string of the molecule is [B]c1cc2c(NCCO)ncnc2cc1OCc1cccc(S(C)(=O)=NC(=O)OCC)c1. The van der Waals surface area contributed by atoms with Gasteiger partial charge in [0, 0.05) is 29.1 Å². The van der Waals surface area contributed by atoms with Gasteiger partial charge in [0.25, 0.3) is 0 Å². The maximum Gasteiger partial charge on any atom is 0.442 e. The zero-order valence-corrected chi connectivity index (χ0v) is 18.6. The molecule has 0 fully saturated rings. The van der Waals surface area contributed by atoms with Crippen LogP contribution >= 0.6 is 0 Å². The number of anilines is 1. The van der Waals surface area contributed by atoms with Crippen LogP contribution in [0.1, 0.15) is 12.5 Å². The van der Waals surface area contributed by atoms with Crippen LogP contribution in [-0.4, -0.2) is 59.2 Å². The summed E-state index contributed by atoms with van der Waals surface area (Å²) in [6.07, 6.45) is 1.93.